The molecule has 3 aromatic heterocycles. The van der Waals surface area contributed by atoms with Gasteiger partial charge in [0.05, 0.1) is 17.6 Å². The smallest absolute Gasteiger partial charge is 0.413 e. The molecule has 0 fully saturated rings. The lowest BCUT2D eigenvalue weighted by Gasteiger charge is -2.20. The molecule has 10 nitrogen and oxygen atoms in total. The van der Waals surface area contributed by atoms with Crippen molar-refractivity contribution in [3.05, 3.63) is 81.4 Å². The number of fused-ring (bicyclic) bond motifs is 1. The van der Waals surface area contributed by atoms with Crippen LogP contribution >= 0.6 is 0 Å². The van der Waals surface area contributed by atoms with Crippen LogP contribution in [0.15, 0.2) is 36.7 Å². The van der Waals surface area contributed by atoms with Gasteiger partial charge in [-0.15, -0.1) is 0 Å². The largest absolute Gasteiger partial charge is 0.444 e. The van der Waals surface area contributed by atoms with Gasteiger partial charge < -0.3 is 10.1 Å². The molecule has 0 saturated heterocycles. The number of benzene rings is 1. The molecule has 204 valence electrons. The number of anilines is 1. The molecule has 0 aliphatic heterocycles. The molecule has 0 radical (unpaired) electrons. The highest BCUT2D eigenvalue weighted by atomic mass is 16.6. The molecule has 3 heterocycles. The van der Waals surface area contributed by atoms with Crippen molar-refractivity contribution in [1.82, 2.24) is 25.1 Å². The van der Waals surface area contributed by atoms with E-state index in [9.17, 15) is 15.3 Å². The SMILES string of the molecule is Cc1cnc2c(C#N)cc(Cn3cc(CNCc4c(C)cc(NC(=O)OC(C)(C)C)nc4C)c(C#N)n3)cc2c1. The zero-order valence-corrected chi connectivity index (χ0v) is 23.6. The van der Waals surface area contributed by atoms with Crippen LogP contribution in [0.4, 0.5) is 10.6 Å². The second-order valence-electron chi connectivity index (χ2n) is 10.8. The first kappa shape index (κ1) is 28.2. The van der Waals surface area contributed by atoms with E-state index in [-0.39, 0.29) is 0 Å². The minimum absolute atomic E-state index is 0.342. The van der Waals surface area contributed by atoms with Gasteiger partial charge in [-0.05, 0) is 88.1 Å². The highest BCUT2D eigenvalue weighted by Gasteiger charge is 2.18. The summed E-state index contributed by atoms with van der Waals surface area (Å²) in [4.78, 5) is 21.0. The summed E-state index contributed by atoms with van der Waals surface area (Å²) in [5.74, 6) is 0.431. The Labute approximate surface area is 233 Å². The molecule has 0 spiro atoms. The minimum atomic E-state index is -0.597. The summed E-state index contributed by atoms with van der Waals surface area (Å²) in [5, 5.41) is 30.7. The van der Waals surface area contributed by atoms with E-state index in [2.05, 4.69) is 37.8 Å². The number of nitriles is 2. The highest BCUT2D eigenvalue weighted by molar-refractivity contribution is 5.85. The Morgan fingerprint density at radius 1 is 1.07 bits per heavy atom. The van der Waals surface area contributed by atoms with Crippen molar-refractivity contribution in [3.8, 4) is 12.1 Å². The molecule has 0 atom stereocenters. The van der Waals surface area contributed by atoms with E-state index in [0.717, 1.165) is 38.9 Å². The van der Waals surface area contributed by atoms with Crippen molar-refractivity contribution in [2.75, 3.05) is 5.32 Å². The molecule has 4 rings (SSSR count). The van der Waals surface area contributed by atoms with Crippen LogP contribution in [0.3, 0.4) is 0 Å². The van der Waals surface area contributed by atoms with Gasteiger partial charge >= 0.3 is 6.09 Å². The summed E-state index contributed by atoms with van der Waals surface area (Å²) in [7, 11) is 0. The van der Waals surface area contributed by atoms with Crippen LogP contribution in [0.5, 0.6) is 0 Å². The van der Waals surface area contributed by atoms with E-state index in [0.29, 0.717) is 42.2 Å². The molecule has 0 bridgehead atoms. The van der Waals surface area contributed by atoms with E-state index in [4.69, 9.17) is 4.74 Å². The van der Waals surface area contributed by atoms with Crippen LogP contribution in [0.2, 0.25) is 0 Å². The topological polar surface area (TPSA) is 142 Å². The summed E-state index contributed by atoms with van der Waals surface area (Å²) in [6, 6.07) is 12.0. The number of aromatic nitrogens is 4. The maximum atomic E-state index is 12.1. The molecule has 10 heteroatoms. The number of carbonyl (C=O) groups excluding carboxylic acids is 1. The van der Waals surface area contributed by atoms with E-state index >= 15 is 0 Å². The maximum Gasteiger partial charge on any atom is 0.413 e. The fourth-order valence-electron chi connectivity index (χ4n) is 4.47. The molecule has 1 amide bonds. The van der Waals surface area contributed by atoms with Crippen LogP contribution in [-0.2, 0) is 24.4 Å². The van der Waals surface area contributed by atoms with E-state index in [1.807, 2.05) is 51.2 Å². The summed E-state index contributed by atoms with van der Waals surface area (Å²) in [6.07, 6.45) is 3.05. The van der Waals surface area contributed by atoms with Gasteiger partial charge in [0, 0.05) is 42.1 Å². The zero-order valence-electron chi connectivity index (χ0n) is 23.6. The Balaban J connectivity index is 1.44. The van der Waals surface area contributed by atoms with E-state index in [1.54, 1.807) is 31.6 Å². The van der Waals surface area contributed by atoms with Gasteiger partial charge in [0.15, 0.2) is 5.69 Å². The van der Waals surface area contributed by atoms with E-state index < -0.39 is 11.7 Å². The lowest BCUT2D eigenvalue weighted by molar-refractivity contribution is 0.0635. The van der Waals surface area contributed by atoms with Gasteiger partial charge in [0.25, 0.3) is 0 Å². The number of nitrogens with one attached hydrogen (secondary N) is 2. The lowest BCUT2D eigenvalue weighted by Crippen LogP contribution is -2.27. The van der Waals surface area contributed by atoms with Crippen molar-refractivity contribution in [2.45, 2.75) is 66.8 Å². The minimum Gasteiger partial charge on any atom is -0.444 e. The number of hydrogen-bond donors (Lipinski definition) is 2. The van der Waals surface area contributed by atoms with Crippen LogP contribution in [0, 0.1) is 43.4 Å². The lowest BCUT2D eigenvalue weighted by atomic mass is 10.0. The molecule has 4 aromatic rings. The third-order valence-corrected chi connectivity index (χ3v) is 6.19. The Morgan fingerprint density at radius 2 is 1.85 bits per heavy atom. The van der Waals surface area contributed by atoms with Crippen LogP contribution in [0.1, 0.15) is 65.5 Å². The van der Waals surface area contributed by atoms with Crippen molar-refractivity contribution in [3.63, 3.8) is 0 Å². The fourth-order valence-corrected chi connectivity index (χ4v) is 4.47. The van der Waals surface area contributed by atoms with Crippen molar-refractivity contribution in [1.29, 1.82) is 10.5 Å². The molecular weight excluding hydrogens is 504 g/mol. The summed E-state index contributed by atoms with van der Waals surface area (Å²) in [6.45, 7) is 12.6. The van der Waals surface area contributed by atoms with E-state index in [1.165, 1.54) is 0 Å². The number of aryl methyl sites for hydroxylation is 3. The van der Waals surface area contributed by atoms with Gasteiger partial charge in [-0.1, -0.05) is 0 Å². The number of hydrogen-bond acceptors (Lipinski definition) is 8. The second-order valence-corrected chi connectivity index (χ2v) is 10.8. The number of amides is 1. The molecule has 40 heavy (non-hydrogen) atoms. The Hall–Kier alpha value is -4.80. The monoisotopic (exact) mass is 536 g/mol. The van der Waals surface area contributed by atoms with Gasteiger partial charge in [0.2, 0.25) is 0 Å². The molecule has 1 aromatic carbocycles. The fraction of sp³-hybridized carbons (Fsp3) is 0.333. The molecule has 0 aliphatic rings. The first-order valence-electron chi connectivity index (χ1n) is 12.9. The predicted octanol–water partition coefficient (Wildman–Crippen LogP) is 5.18. The molecule has 0 aliphatic carbocycles. The number of ether oxygens (including phenoxy) is 1. The highest BCUT2D eigenvalue weighted by Crippen LogP contribution is 2.22. The van der Waals surface area contributed by atoms with Crippen molar-refractivity contribution >= 4 is 22.8 Å². The number of pyridine rings is 2. The quantitative estimate of drug-likeness (QED) is 0.329. The van der Waals surface area contributed by atoms with Crippen LogP contribution in [-0.4, -0.2) is 31.4 Å². The van der Waals surface area contributed by atoms with Crippen LogP contribution < -0.4 is 10.6 Å². The molecular formula is C30H32N8O2. The predicted molar refractivity (Wildman–Crippen MR) is 151 cm³/mol. The van der Waals surface area contributed by atoms with Gasteiger partial charge in [0.1, 0.15) is 23.6 Å². The molecule has 2 N–H and O–H groups in total. The second kappa shape index (κ2) is 11.5. The molecule has 0 saturated carbocycles. The Morgan fingerprint density at radius 3 is 2.52 bits per heavy atom. The molecule has 0 unspecified atom stereocenters. The Bertz CT molecular complexity index is 1650. The first-order valence-corrected chi connectivity index (χ1v) is 12.9. The maximum absolute atomic E-state index is 12.1. The van der Waals surface area contributed by atoms with Crippen molar-refractivity contribution in [2.24, 2.45) is 0 Å². The normalized spacial score (nSPS) is 11.2. The first-order chi connectivity index (χ1) is 19.0. The average molecular weight is 537 g/mol. The summed E-state index contributed by atoms with van der Waals surface area (Å²) < 4.78 is 7.03. The van der Waals surface area contributed by atoms with Gasteiger partial charge in [-0.3, -0.25) is 15.0 Å². The zero-order chi connectivity index (χ0) is 29.0. The number of nitrogens with zero attached hydrogens (tertiary/aromatic N) is 6. The van der Waals surface area contributed by atoms with Gasteiger partial charge in [-0.2, -0.15) is 15.6 Å². The standard InChI is InChI=1S/C30H32N8O2/c1-18-7-22-9-21(10-23(11-31)28(22)34-13-18)16-38-17-24(26(12-32)37-38)14-33-15-25-19(2)8-27(35-20(25)3)36-29(39)40-30(4,5)6/h7-10,13,17,33H,14-16H2,1-6H3,(H,35,36,39). The third kappa shape index (κ3) is 6.79. The van der Waals surface area contributed by atoms with Crippen LogP contribution in [0.25, 0.3) is 10.9 Å². The number of rotatable bonds is 7. The Kier molecular flexibility index (Phi) is 8.13. The number of carbonyl (C=O) groups is 1. The third-order valence-electron chi connectivity index (χ3n) is 6.19. The summed E-state index contributed by atoms with van der Waals surface area (Å²) >= 11 is 0. The van der Waals surface area contributed by atoms with Gasteiger partial charge in [-0.25, -0.2) is 9.78 Å². The average Bonchev–Trinajstić information content (AvgIpc) is 3.25. The van der Waals surface area contributed by atoms with Crippen molar-refractivity contribution < 1.29 is 9.53 Å². The summed E-state index contributed by atoms with van der Waals surface area (Å²) in [5.41, 5.74) is 6.37.